The molecule has 0 fully saturated rings. The van der Waals surface area contributed by atoms with Gasteiger partial charge < -0.3 is 30.9 Å². The molecule has 2 unspecified atom stereocenters. The van der Waals surface area contributed by atoms with Gasteiger partial charge in [0, 0.05) is 23.6 Å². The molecule has 0 aliphatic heterocycles. The summed E-state index contributed by atoms with van der Waals surface area (Å²) >= 11 is 3.04. The smallest absolute Gasteiger partial charge is 0.255 e. The van der Waals surface area contributed by atoms with Crippen LogP contribution in [0.15, 0.2) is 54.2 Å². The Labute approximate surface area is 178 Å². The van der Waals surface area contributed by atoms with Crippen molar-refractivity contribution in [3.63, 3.8) is 0 Å². The summed E-state index contributed by atoms with van der Waals surface area (Å²) in [7, 11) is 0. The third kappa shape index (κ3) is 10.1. The van der Waals surface area contributed by atoms with Gasteiger partial charge >= 0.3 is 0 Å². The van der Waals surface area contributed by atoms with Crippen molar-refractivity contribution in [2.75, 3.05) is 26.2 Å². The monoisotopic (exact) mass is 440 g/mol. The highest BCUT2D eigenvalue weighted by Crippen LogP contribution is 2.21. The number of nitrogens with one attached hydrogen (secondary N) is 2. The van der Waals surface area contributed by atoms with Crippen LogP contribution in [-0.4, -0.2) is 58.6 Å². The van der Waals surface area contributed by atoms with Gasteiger partial charge in [-0.3, -0.25) is 9.98 Å². The molecule has 0 aromatic carbocycles. The van der Waals surface area contributed by atoms with Crippen LogP contribution in [0.1, 0.15) is 20.3 Å². The third-order valence-electron chi connectivity index (χ3n) is 3.43. The molecule has 2 heterocycles. The SMILES string of the molecule is CC(CN=C(N)NCCCNC(N)=NCC(C)Sc1ncco1)Sc1ncco1. The molecule has 0 amide bonds. The van der Waals surface area contributed by atoms with Crippen molar-refractivity contribution >= 4 is 35.4 Å². The molecule has 0 aliphatic rings. The largest absolute Gasteiger partial charge is 0.440 e. The third-order valence-corrected chi connectivity index (χ3v) is 5.34. The molecule has 0 aliphatic carbocycles. The lowest BCUT2D eigenvalue weighted by molar-refractivity contribution is 0.453. The predicted molar refractivity (Wildman–Crippen MR) is 117 cm³/mol. The molecule has 10 nitrogen and oxygen atoms in total. The Hall–Kier alpha value is -2.34. The molecule has 0 spiro atoms. The van der Waals surface area contributed by atoms with Gasteiger partial charge in [-0.25, -0.2) is 9.97 Å². The molecule has 0 bridgehead atoms. The van der Waals surface area contributed by atoms with Crippen LogP contribution in [-0.2, 0) is 0 Å². The highest BCUT2D eigenvalue weighted by Gasteiger charge is 2.08. The van der Waals surface area contributed by atoms with E-state index in [-0.39, 0.29) is 10.5 Å². The van der Waals surface area contributed by atoms with Crippen LogP contribution >= 0.6 is 23.5 Å². The Kier molecular flexibility index (Phi) is 10.3. The molecular formula is C17H28N8O2S2. The van der Waals surface area contributed by atoms with Gasteiger partial charge in [0.25, 0.3) is 10.4 Å². The summed E-state index contributed by atoms with van der Waals surface area (Å²) in [6.07, 6.45) is 7.18. The van der Waals surface area contributed by atoms with Gasteiger partial charge in [-0.1, -0.05) is 37.4 Å². The van der Waals surface area contributed by atoms with Crippen LogP contribution in [0.25, 0.3) is 0 Å². The molecule has 6 N–H and O–H groups in total. The summed E-state index contributed by atoms with van der Waals surface area (Å²) in [6.45, 7) is 6.62. The van der Waals surface area contributed by atoms with Crippen LogP contribution in [0.2, 0.25) is 0 Å². The van der Waals surface area contributed by atoms with Gasteiger partial charge in [0.15, 0.2) is 11.9 Å². The van der Waals surface area contributed by atoms with Crippen molar-refractivity contribution in [3.05, 3.63) is 24.9 Å². The van der Waals surface area contributed by atoms with E-state index in [9.17, 15) is 0 Å². The molecule has 0 saturated heterocycles. The van der Waals surface area contributed by atoms with E-state index in [1.807, 2.05) is 13.8 Å². The molecule has 12 heteroatoms. The lowest BCUT2D eigenvalue weighted by atomic mass is 10.4. The van der Waals surface area contributed by atoms with Crippen LogP contribution in [0.5, 0.6) is 0 Å². The van der Waals surface area contributed by atoms with Crippen molar-refractivity contribution in [1.82, 2.24) is 20.6 Å². The Morgan fingerprint density at radius 2 is 1.38 bits per heavy atom. The summed E-state index contributed by atoms with van der Waals surface area (Å²) in [4.78, 5) is 16.8. The second-order valence-corrected chi connectivity index (χ2v) is 8.89. The van der Waals surface area contributed by atoms with Gasteiger partial charge in [-0.05, 0) is 6.42 Å². The van der Waals surface area contributed by atoms with Crippen molar-refractivity contribution in [2.24, 2.45) is 21.5 Å². The molecule has 2 atom stereocenters. The molecular weight excluding hydrogens is 412 g/mol. The van der Waals surface area contributed by atoms with Crippen molar-refractivity contribution < 1.29 is 8.83 Å². The van der Waals surface area contributed by atoms with E-state index >= 15 is 0 Å². The van der Waals surface area contributed by atoms with Crippen LogP contribution in [0, 0.1) is 0 Å². The maximum absolute atomic E-state index is 5.88. The van der Waals surface area contributed by atoms with Crippen molar-refractivity contribution in [2.45, 2.75) is 41.2 Å². The molecule has 29 heavy (non-hydrogen) atoms. The molecule has 0 saturated carbocycles. The highest BCUT2D eigenvalue weighted by molar-refractivity contribution is 7.99. The minimum atomic E-state index is 0.218. The number of hydrogen-bond donors (Lipinski definition) is 4. The van der Waals surface area contributed by atoms with Crippen molar-refractivity contribution in [3.8, 4) is 0 Å². The normalized spacial score (nSPS) is 14.6. The average molecular weight is 441 g/mol. The van der Waals surface area contributed by atoms with E-state index in [2.05, 4.69) is 30.6 Å². The number of guanidine groups is 2. The van der Waals surface area contributed by atoms with E-state index in [1.54, 1.807) is 24.9 Å². The first-order chi connectivity index (χ1) is 14.0. The van der Waals surface area contributed by atoms with Crippen LogP contribution < -0.4 is 22.1 Å². The summed E-state index contributed by atoms with van der Waals surface area (Å²) < 4.78 is 10.4. The van der Waals surface area contributed by atoms with E-state index in [1.165, 1.54) is 23.5 Å². The average Bonchev–Trinajstić information content (AvgIpc) is 3.38. The number of nitrogens with zero attached hydrogens (tertiary/aromatic N) is 4. The fourth-order valence-electron chi connectivity index (χ4n) is 2.04. The van der Waals surface area contributed by atoms with Crippen LogP contribution in [0.4, 0.5) is 0 Å². The van der Waals surface area contributed by atoms with E-state index in [0.717, 1.165) is 6.42 Å². The molecule has 2 rings (SSSR count). The Bertz CT molecular complexity index is 674. The summed E-state index contributed by atoms with van der Waals surface area (Å²) in [5, 5.41) is 7.87. The molecule has 2 aromatic rings. The molecule has 160 valence electrons. The molecule has 0 radical (unpaired) electrons. The fourth-order valence-corrected chi connectivity index (χ4v) is 3.49. The standard InChI is InChI=1S/C17H28N8O2S2/c1-12(28-16-22-6-8-26-16)10-24-14(18)20-4-3-5-21-15(19)25-11-13(2)29-17-23-7-9-27-17/h6-9,12-13H,3-5,10-11H2,1-2H3,(H3,18,20,24)(H3,19,21,25). The van der Waals surface area contributed by atoms with Gasteiger partial charge in [0.05, 0.1) is 25.5 Å². The number of thioether (sulfide) groups is 2. The fraction of sp³-hybridized carbons (Fsp3) is 0.529. The summed E-state index contributed by atoms with van der Waals surface area (Å²) in [6, 6.07) is 0. The van der Waals surface area contributed by atoms with Gasteiger partial charge in [0.1, 0.15) is 12.5 Å². The summed E-state index contributed by atoms with van der Waals surface area (Å²) in [5.74, 6) is 0.841. The lowest BCUT2D eigenvalue weighted by Crippen LogP contribution is -2.37. The van der Waals surface area contributed by atoms with E-state index < -0.39 is 0 Å². The topological polar surface area (TPSA) is 153 Å². The van der Waals surface area contributed by atoms with Crippen molar-refractivity contribution in [1.29, 1.82) is 0 Å². The highest BCUT2D eigenvalue weighted by atomic mass is 32.2. The second-order valence-electron chi connectivity index (χ2n) is 6.11. The second kappa shape index (κ2) is 13.0. The predicted octanol–water partition coefficient (Wildman–Crippen LogP) is 1.52. The van der Waals surface area contributed by atoms with Gasteiger partial charge in [-0.15, -0.1) is 0 Å². The number of hydrogen-bond acceptors (Lipinski definition) is 8. The zero-order valence-corrected chi connectivity index (χ0v) is 18.2. The maximum Gasteiger partial charge on any atom is 0.255 e. The Morgan fingerprint density at radius 3 is 1.76 bits per heavy atom. The minimum absolute atomic E-state index is 0.218. The first-order valence-electron chi connectivity index (χ1n) is 9.22. The molecule has 2 aromatic heterocycles. The van der Waals surface area contributed by atoms with E-state index in [0.29, 0.717) is 48.5 Å². The first-order valence-corrected chi connectivity index (χ1v) is 11.0. The first kappa shape index (κ1) is 22.9. The lowest BCUT2D eigenvalue weighted by Gasteiger charge is -2.10. The van der Waals surface area contributed by atoms with Gasteiger partial charge in [-0.2, -0.15) is 0 Å². The number of aliphatic imine (C=N–C) groups is 2. The minimum Gasteiger partial charge on any atom is -0.440 e. The number of oxazole rings is 2. The quantitative estimate of drug-likeness (QED) is 0.165. The number of aromatic nitrogens is 2. The number of nitrogens with two attached hydrogens (primary N) is 2. The Morgan fingerprint density at radius 1 is 0.931 bits per heavy atom. The zero-order chi connectivity index (χ0) is 20.9. The summed E-state index contributed by atoms with van der Waals surface area (Å²) in [5.41, 5.74) is 11.8. The Balaban J connectivity index is 1.52. The van der Waals surface area contributed by atoms with Crippen LogP contribution in [0.3, 0.4) is 0 Å². The zero-order valence-electron chi connectivity index (χ0n) is 16.6. The number of rotatable bonds is 12. The maximum atomic E-state index is 5.88. The van der Waals surface area contributed by atoms with Gasteiger partial charge in [0.2, 0.25) is 0 Å². The van der Waals surface area contributed by atoms with E-state index in [4.69, 9.17) is 20.3 Å².